The zero-order valence-electron chi connectivity index (χ0n) is 12.6. The Kier molecular flexibility index (Phi) is 3.45. The van der Waals surface area contributed by atoms with Gasteiger partial charge < -0.3 is 0 Å². The van der Waals surface area contributed by atoms with Gasteiger partial charge in [0, 0.05) is 30.3 Å². The van der Waals surface area contributed by atoms with Gasteiger partial charge in [-0.3, -0.25) is 9.78 Å². The lowest BCUT2D eigenvalue weighted by Gasteiger charge is -2.10. The molecule has 2 aromatic heterocycles. The zero-order chi connectivity index (χ0) is 15.9. The van der Waals surface area contributed by atoms with Crippen LogP contribution in [0.3, 0.4) is 0 Å². The summed E-state index contributed by atoms with van der Waals surface area (Å²) in [6.45, 7) is 5.36. The number of halogens is 1. The quantitative estimate of drug-likeness (QED) is 0.663. The number of carbonyl (C=O) groups is 1. The van der Waals surface area contributed by atoms with E-state index in [2.05, 4.69) is 9.97 Å². The summed E-state index contributed by atoms with van der Waals surface area (Å²) in [5, 5.41) is 0.947. The number of Topliss-reactive ketones (excluding diaryl/α,β-unsaturated/α-hetero) is 1. The molecule has 0 saturated heterocycles. The molecule has 0 saturated carbocycles. The molecule has 0 atom stereocenters. The van der Waals surface area contributed by atoms with E-state index in [0.29, 0.717) is 5.56 Å². The van der Waals surface area contributed by atoms with E-state index >= 15 is 0 Å². The van der Waals surface area contributed by atoms with Crippen LogP contribution in [0.4, 0.5) is 4.39 Å². The number of hydrogen-bond acceptors (Lipinski definition) is 3. The largest absolute Gasteiger partial charge is 0.293 e. The Hall–Kier alpha value is -2.62. The van der Waals surface area contributed by atoms with Crippen molar-refractivity contribution in [2.75, 3.05) is 0 Å². The number of benzene rings is 1. The molecule has 0 radical (unpaired) electrons. The van der Waals surface area contributed by atoms with E-state index < -0.39 is 5.82 Å². The van der Waals surface area contributed by atoms with Crippen molar-refractivity contribution in [2.45, 2.75) is 20.8 Å². The maximum absolute atomic E-state index is 14.0. The summed E-state index contributed by atoms with van der Waals surface area (Å²) >= 11 is 0. The van der Waals surface area contributed by atoms with Crippen LogP contribution in [0.15, 0.2) is 36.7 Å². The van der Waals surface area contributed by atoms with Crippen molar-refractivity contribution in [3.63, 3.8) is 0 Å². The van der Waals surface area contributed by atoms with Crippen molar-refractivity contribution in [1.29, 1.82) is 0 Å². The highest BCUT2D eigenvalue weighted by molar-refractivity contribution is 5.97. The molecule has 0 amide bonds. The fourth-order valence-electron chi connectivity index (χ4n) is 2.56. The summed E-state index contributed by atoms with van der Waals surface area (Å²) in [6, 6.07) is 7.20. The van der Waals surface area contributed by atoms with Crippen LogP contribution in [-0.2, 0) is 0 Å². The second-order valence-corrected chi connectivity index (χ2v) is 5.37. The standard InChI is InChI=1S/C18H15FN2O/c1-10-4-5-15-14(6-7-20-17(15)11(10)2)13-8-16(19)18(12(3)22)21-9-13/h4-9H,1-3H3. The molecule has 4 heteroatoms. The number of hydrogen-bond donors (Lipinski definition) is 0. The van der Waals surface area contributed by atoms with E-state index in [1.54, 1.807) is 6.20 Å². The average molecular weight is 294 g/mol. The SMILES string of the molecule is CC(=O)c1ncc(-c2ccnc3c(C)c(C)ccc23)cc1F. The predicted octanol–water partition coefficient (Wildman–Crippen LogP) is 4.26. The van der Waals surface area contributed by atoms with Crippen LogP contribution in [0, 0.1) is 19.7 Å². The molecule has 2 heterocycles. The molecule has 0 N–H and O–H groups in total. The van der Waals surface area contributed by atoms with E-state index in [0.717, 1.165) is 27.6 Å². The number of fused-ring (bicyclic) bond motifs is 1. The molecule has 22 heavy (non-hydrogen) atoms. The molecular formula is C18H15FN2O. The number of aromatic nitrogens is 2. The van der Waals surface area contributed by atoms with Gasteiger partial charge in [-0.2, -0.15) is 0 Å². The minimum atomic E-state index is -0.598. The molecule has 3 aromatic rings. The van der Waals surface area contributed by atoms with Gasteiger partial charge in [0.15, 0.2) is 11.6 Å². The summed E-state index contributed by atoms with van der Waals surface area (Å²) in [5.41, 5.74) is 4.52. The third-order valence-corrected chi connectivity index (χ3v) is 3.92. The Labute approximate surface area is 127 Å². The van der Waals surface area contributed by atoms with Gasteiger partial charge in [0.25, 0.3) is 0 Å². The van der Waals surface area contributed by atoms with Crippen LogP contribution in [0.2, 0.25) is 0 Å². The Bertz CT molecular complexity index is 903. The van der Waals surface area contributed by atoms with E-state index in [1.165, 1.54) is 19.2 Å². The first-order chi connectivity index (χ1) is 10.5. The lowest BCUT2D eigenvalue weighted by Crippen LogP contribution is -2.01. The molecule has 1 aromatic carbocycles. The van der Waals surface area contributed by atoms with E-state index in [-0.39, 0.29) is 11.5 Å². The van der Waals surface area contributed by atoms with Crippen molar-refractivity contribution >= 4 is 16.7 Å². The number of rotatable bonds is 2. The van der Waals surface area contributed by atoms with Crippen molar-refractivity contribution in [1.82, 2.24) is 9.97 Å². The number of ketones is 1. The van der Waals surface area contributed by atoms with E-state index in [9.17, 15) is 9.18 Å². The molecule has 0 aliphatic carbocycles. The molecule has 3 rings (SSSR count). The second-order valence-electron chi connectivity index (χ2n) is 5.37. The molecule has 0 aliphatic heterocycles. The van der Waals surface area contributed by atoms with E-state index in [4.69, 9.17) is 0 Å². The number of carbonyl (C=O) groups excluding carboxylic acids is 1. The van der Waals surface area contributed by atoms with Gasteiger partial charge in [-0.05, 0) is 42.7 Å². The molecule has 0 aliphatic rings. The lowest BCUT2D eigenvalue weighted by molar-refractivity contribution is 0.100. The Morgan fingerprint density at radius 1 is 1.14 bits per heavy atom. The number of nitrogens with zero attached hydrogens (tertiary/aromatic N) is 2. The highest BCUT2D eigenvalue weighted by atomic mass is 19.1. The molecule has 3 nitrogen and oxygen atoms in total. The fourth-order valence-corrected chi connectivity index (χ4v) is 2.56. The van der Waals surface area contributed by atoms with Gasteiger partial charge >= 0.3 is 0 Å². The van der Waals surface area contributed by atoms with Crippen molar-refractivity contribution in [3.8, 4) is 11.1 Å². The summed E-state index contributed by atoms with van der Waals surface area (Å²) < 4.78 is 14.0. The Balaban J connectivity index is 2.25. The second kappa shape index (κ2) is 5.30. The van der Waals surface area contributed by atoms with Crippen molar-refractivity contribution < 1.29 is 9.18 Å². The maximum Gasteiger partial charge on any atom is 0.181 e. The van der Waals surface area contributed by atoms with Gasteiger partial charge in [0.2, 0.25) is 0 Å². The van der Waals surface area contributed by atoms with Gasteiger partial charge in [-0.25, -0.2) is 9.37 Å². The first-order valence-corrected chi connectivity index (χ1v) is 7.01. The first kappa shape index (κ1) is 14.3. The molecule has 0 bridgehead atoms. The molecule has 0 spiro atoms. The molecule has 0 unspecified atom stereocenters. The lowest BCUT2D eigenvalue weighted by atomic mass is 9.98. The first-order valence-electron chi connectivity index (χ1n) is 7.01. The number of pyridine rings is 2. The summed E-state index contributed by atoms with van der Waals surface area (Å²) in [6.07, 6.45) is 3.24. The van der Waals surface area contributed by atoms with Crippen LogP contribution >= 0.6 is 0 Å². The third-order valence-electron chi connectivity index (χ3n) is 3.92. The Morgan fingerprint density at radius 2 is 1.91 bits per heavy atom. The monoisotopic (exact) mass is 294 g/mol. The molecule has 110 valence electrons. The van der Waals surface area contributed by atoms with Gasteiger partial charge in [0.05, 0.1) is 5.52 Å². The normalized spacial score (nSPS) is 10.9. The summed E-state index contributed by atoms with van der Waals surface area (Å²) in [5.74, 6) is -0.978. The van der Waals surface area contributed by atoms with Crippen LogP contribution in [-0.4, -0.2) is 15.8 Å². The third kappa shape index (κ3) is 2.26. The molecule has 0 fully saturated rings. The average Bonchev–Trinajstić information content (AvgIpc) is 2.50. The van der Waals surface area contributed by atoms with Crippen LogP contribution < -0.4 is 0 Å². The number of aryl methyl sites for hydroxylation is 2. The smallest absolute Gasteiger partial charge is 0.181 e. The highest BCUT2D eigenvalue weighted by Crippen LogP contribution is 2.30. The summed E-state index contributed by atoms with van der Waals surface area (Å²) in [4.78, 5) is 19.7. The van der Waals surface area contributed by atoms with E-state index in [1.807, 2.05) is 32.0 Å². The van der Waals surface area contributed by atoms with Crippen molar-refractivity contribution in [2.24, 2.45) is 0 Å². The highest BCUT2D eigenvalue weighted by Gasteiger charge is 2.13. The van der Waals surface area contributed by atoms with Gasteiger partial charge in [-0.15, -0.1) is 0 Å². The maximum atomic E-state index is 14.0. The minimum absolute atomic E-state index is 0.130. The molecular weight excluding hydrogens is 279 g/mol. The predicted molar refractivity (Wildman–Crippen MR) is 84.4 cm³/mol. The zero-order valence-corrected chi connectivity index (χ0v) is 12.6. The van der Waals surface area contributed by atoms with Gasteiger partial charge in [-0.1, -0.05) is 12.1 Å². The summed E-state index contributed by atoms with van der Waals surface area (Å²) in [7, 11) is 0. The van der Waals surface area contributed by atoms with Crippen LogP contribution in [0.25, 0.3) is 22.0 Å². The minimum Gasteiger partial charge on any atom is -0.293 e. The van der Waals surface area contributed by atoms with Crippen molar-refractivity contribution in [3.05, 3.63) is 59.3 Å². The van der Waals surface area contributed by atoms with Crippen LogP contribution in [0.5, 0.6) is 0 Å². The Morgan fingerprint density at radius 3 is 2.59 bits per heavy atom. The fraction of sp³-hybridized carbons (Fsp3) is 0.167. The topological polar surface area (TPSA) is 42.9 Å². The van der Waals surface area contributed by atoms with Crippen LogP contribution in [0.1, 0.15) is 28.5 Å². The van der Waals surface area contributed by atoms with Gasteiger partial charge in [0.1, 0.15) is 5.69 Å².